The number of benzene rings is 3. The van der Waals surface area contributed by atoms with Gasteiger partial charge in [-0.05, 0) is 53.9 Å². The molecule has 0 spiro atoms. The monoisotopic (exact) mass is 489 g/mol. The summed E-state index contributed by atoms with van der Waals surface area (Å²) in [6.45, 7) is 2.30. The van der Waals surface area contributed by atoms with E-state index in [1.54, 1.807) is 12.1 Å². The highest BCUT2D eigenvalue weighted by Crippen LogP contribution is 2.34. The Balaban J connectivity index is 1.26. The minimum atomic E-state index is -0.354. The van der Waals surface area contributed by atoms with Crippen molar-refractivity contribution in [3.8, 4) is 17.1 Å². The van der Waals surface area contributed by atoms with Gasteiger partial charge in [0, 0.05) is 22.0 Å². The van der Waals surface area contributed by atoms with Gasteiger partial charge < -0.3 is 9.15 Å². The van der Waals surface area contributed by atoms with Crippen LogP contribution in [0.2, 0.25) is 5.02 Å². The molecule has 0 radical (unpaired) electrons. The van der Waals surface area contributed by atoms with Crippen LogP contribution in [0.4, 0.5) is 4.79 Å². The van der Waals surface area contributed by atoms with Crippen LogP contribution in [0.25, 0.3) is 28.2 Å². The molecular formula is C27H20ClNO4S. The minimum absolute atomic E-state index is 0.163. The molecule has 5 nitrogen and oxygen atoms in total. The van der Waals surface area contributed by atoms with Gasteiger partial charge in [-0.3, -0.25) is 14.5 Å². The molecule has 0 unspecified atom stereocenters. The Labute approximate surface area is 206 Å². The fraction of sp³-hybridized carbons (Fsp3) is 0.111. The van der Waals surface area contributed by atoms with Crippen molar-refractivity contribution >= 4 is 51.4 Å². The molecule has 1 saturated heterocycles. The van der Waals surface area contributed by atoms with Gasteiger partial charge in [-0.15, -0.1) is 0 Å². The smallest absolute Gasteiger partial charge is 0.293 e. The number of amides is 2. The van der Waals surface area contributed by atoms with E-state index >= 15 is 0 Å². The molecule has 1 aliphatic rings. The molecule has 0 aliphatic carbocycles. The second kappa shape index (κ2) is 9.41. The zero-order valence-electron chi connectivity index (χ0n) is 18.3. The lowest BCUT2D eigenvalue weighted by Crippen LogP contribution is -2.32. The summed E-state index contributed by atoms with van der Waals surface area (Å²) in [5.74, 6) is 1.49. The van der Waals surface area contributed by atoms with Crippen LogP contribution in [0.1, 0.15) is 11.3 Å². The average molecular weight is 490 g/mol. The first-order valence-electron chi connectivity index (χ1n) is 10.7. The second-order valence-electron chi connectivity index (χ2n) is 7.83. The van der Waals surface area contributed by atoms with E-state index in [9.17, 15) is 9.59 Å². The number of hydrogen-bond donors (Lipinski definition) is 0. The van der Waals surface area contributed by atoms with Gasteiger partial charge in [0.15, 0.2) is 0 Å². The first kappa shape index (κ1) is 22.3. The lowest BCUT2D eigenvalue weighted by molar-refractivity contribution is -0.123. The van der Waals surface area contributed by atoms with Gasteiger partial charge in [0.25, 0.3) is 11.1 Å². The number of ether oxygens (including phenoxy) is 1. The standard InChI is InChI=1S/C27H20ClNO4S/c1-17-9-10-19(15-22(17)28)23-12-11-20(33-23)16-25-26(30)29(27(31)34-25)13-14-32-24-8-4-6-18-5-2-3-7-21(18)24/h2-12,15-16H,13-14H2,1H3/b25-16-. The van der Waals surface area contributed by atoms with Gasteiger partial charge in [-0.2, -0.15) is 0 Å². The third-order valence-corrected chi connectivity index (χ3v) is 6.87. The number of carbonyl (C=O) groups excluding carboxylic acids is 2. The Kier molecular flexibility index (Phi) is 6.18. The van der Waals surface area contributed by atoms with E-state index in [0.717, 1.165) is 39.4 Å². The molecule has 0 N–H and O–H groups in total. The number of nitrogens with zero attached hydrogens (tertiary/aromatic N) is 1. The first-order chi connectivity index (χ1) is 16.5. The molecule has 2 heterocycles. The van der Waals surface area contributed by atoms with Gasteiger partial charge in [0.05, 0.1) is 11.4 Å². The molecule has 1 fully saturated rings. The van der Waals surface area contributed by atoms with Crippen LogP contribution in [-0.2, 0) is 4.79 Å². The molecule has 7 heteroatoms. The summed E-state index contributed by atoms with van der Waals surface area (Å²) in [5.41, 5.74) is 1.82. The maximum absolute atomic E-state index is 12.8. The summed E-state index contributed by atoms with van der Waals surface area (Å²) in [6.07, 6.45) is 1.59. The highest BCUT2D eigenvalue weighted by molar-refractivity contribution is 8.18. The number of rotatable bonds is 6. The van der Waals surface area contributed by atoms with Gasteiger partial charge in [-0.25, -0.2) is 0 Å². The molecule has 1 aromatic heterocycles. The predicted octanol–water partition coefficient (Wildman–Crippen LogP) is 7.18. The minimum Gasteiger partial charge on any atom is -0.491 e. The van der Waals surface area contributed by atoms with E-state index < -0.39 is 0 Å². The van der Waals surface area contributed by atoms with E-state index in [2.05, 4.69) is 0 Å². The van der Waals surface area contributed by atoms with Crippen LogP contribution in [0.15, 0.2) is 82.1 Å². The number of hydrogen-bond acceptors (Lipinski definition) is 5. The van der Waals surface area contributed by atoms with Crippen molar-refractivity contribution in [1.29, 1.82) is 0 Å². The summed E-state index contributed by atoms with van der Waals surface area (Å²) in [5, 5.41) is 2.39. The second-order valence-corrected chi connectivity index (χ2v) is 9.23. The summed E-state index contributed by atoms with van der Waals surface area (Å²) in [4.78, 5) is 26.8. The average Bonchev–Trinajstić information content (AvgIpc) is 3.41. The van der Waals surface area contributed by atoms with Crippen molar-refractivity contribution < 1.29 is 18.7 Å². The molecule has 1 aliphatic heterocycles. The lowest BCUT2D eigenvalue weighted by Gasteiger charge is -2.14. The number of fused-ring (bicyclic) bond motifs is 1. The number of halogens is 1. The molecule has 0 bridgehead atoms. The maximum atomic E-state index is 12.8. The van der Waals surface area contributed by atoms with Gasteiger partial charge in [-0.1, -0.05) is 60.1 Å². The van der Waals surface area contributed by atoms with Crippen molar-refractivity contribution in [2.24, 2.45) is 0 Å². The van der Waals surface area contributed by atoms with Crippen LogP contribution in [-0.4, -0.2) is 29.2 Å². The highest BCUT2D eigenvalue weighted by atomic mass is 35.5. The topological polar surface area (TPSA) is 59.8 Å². The van der Waals surface area contributed by atoms with E-state index in [-0.39, 0.29) is 24.3 Å². The number of carbonyl (C=O) groups is 2. The molecule has 0 atom stereocenters. The van der Waals surface area contributed by atoms with Gasteiger partial charge in [0.1, 0.15) is 23.9 Å². The van der Waals surface area contributed by atoms with Crippen molar-refractivity contribution in [2.75, 3.05) is 13.2 Å². The fourth-order valence-electron chi connectivity index (χ4n) is 3.72. The third kappa shape index (κ3) is 4.47. The molecule has 3 aromatic carbocycles. The fourth-order valence-corrected chi connectivity index (χ4v) is 4.75. The summed E-state index contributed by atoms with van der Waals surface area (Å²) < 4.78 is 11.8. The number of aryl methyl sites for hydroxylation is 1. The normalized spacial score (nSPS) is 15.0. The van der Waals surface area contributed by atoms with Gasteiger partial charge in [0.2, 0.25) is 0 Å². The van der Waals surface area contributed by atoms with E-state index in [0.29, 0.717) is 21.4 Å². The Morgan fingerprint density at radius 2 is 1.85 bits per heavy atom. The van der Waals surface area contributed by atoms with Crippen LogP contribution in [0.5, 0.6) is 5.75 Å². The molecular weight excluding hydrogens is 470 g/mol. The maximum Gasteiger partial charge on any atom is 0.293 e. The van der Waals surface area contributed by atoms with E-state index in [4.69, 9.17) is 20.8 Å². The Hall–Kier alpha value is -3.48. The number of furan rings is 1. The van der Waals surface area contributed by atoms with Gasteiger partial charge >= 0.3 is 0 Å². The largest absolute Gasteiger partial charge is 0.491 e. The zero-order chi connectivity index (χ0) is 23.7. The Bertz CT molecular complexity index is 1440. The van der Waals surface area contributed by atoms with Crippen molar-refractivity contribution in [2.45, 2.75) is 6.92 Å². The van der Waals surface area contributed by atoms with Crippen molar-refractivity contribution in [1.82, 2.24) is 4.90 Å². The summed E-state index contributed by atoms with van der Waals surface area (Å²) in [7, 11) is 0. The summed E-state index contributed by atoms with van der Waals surface area (Å²) in [6, 6.07) is 23.0. The first-order valence-corrected chi connectivity index (χ1v) is 11.9. The molecule has 4 aromatic rings. The molecule has 5 rings (SSSR count). The number of thioether (sulfide) groups is 1. The molecule has 34 heavy (non-hydrogen) atoms. The Morgan fingerprint density at radius 3 is 2.71 bits per heavy atom. The molecule has 2 amide bonds. The predicted molar refractivity (Wildman–Crippen MR) is 136 cm³/mol. The van der Waals surface area contributed by atoms with E-state index in [1.165, 1.54) is 4.90 Å². The van der Waals surface area contributed by atoms with E-state index in [1.807, 2.05) is 73.7 Å². The van der Waals surface area contributed by atoms with Crippen LogP contribution < -0.4 is 4.74 Å². The summed E-state index contributed by atoms with van der Waals surface area (Å²) >= 11 is 7.11. The number of imide groups is 1. The SMILES string of the molecule is Cc1ccc(-c2ccc(/C=C3\SC(=O)N(CCOc4cccc5ccccc45)C3=O)o2)cc1Cl. The molecule has 170 valence electrons. The van der Waals surface area contributed by atoms with Crippen LogP contribution >= 0.6 is 23.4 Å². The zero-order valence-corrected chi connectivity index (χ0v) is 19.9. The van der Waals surface area contributed by atoms with Crippen molar-refractivity contribution in [3.05, 3.63) is 94.0 Å². The van der Waals surface area contributed by atoms with Crippen LogP contribution in [0, 0.1) is 6.92 Å². The molecule has 0 saturated carbocycles. The highest BCUT2D eigenvalue weighted by Gasteiger charge is 2.35. The van der Waals surface area contributed by atoms with Crippen molar-refractivity contribution in [3.63, 3.8) is 0 Å². The third-order valence-electron chi connectivity index (χ3n) is 5.55. The van der Waals surface area contributed by atoms with Crippen LogP contribution in [0.3, 0.4) is 0 Å². The quantitative estimate of drug-likeness (QED) is 0.268. The Morgan fingerprint density at radius 1 is 1.03 bits per heavy atom. The lowest BCUT2D eigenvalue weighted by atomic mass is 10.1.